The number of ether oxygens (including phenoxy) is 2. The van der Waals surface area contributed by atoms with E-state index < -0.39 is 11.9 Å². The minimum Gasteiger partial charge on any atom is -0.465 e. The van der Waals surface area contributed by atoms with Gasteiger partial charge in [0.1, 0.15) is 0 Å². The molecule has 0 unspecified atom stereocenters. The maximum absolute atomic E-state index is 11.9. The molecule has 0 fully saturated rings. The molecular formula is C14H13NO4. The number of methoxy groups -OCH3 is 1. The average Bonchev–Trinajstić information content (AvgIpc) is 2.45. The molecule has 5 heteroatoms. The van der Waals surface area contributed by atoms with Gasteiger partial charge in [0.2, 0.25) is 0 Å². The molecule has 0 saturated heterocycles. The lowest BCUT2D eigenvalue weighted by Crippen LogP contribution is -2.13. The standard InChI is InChI=1S/C14H13NO4/c1-3-19-14(17)12-7-10-8-15-5-4-9(10)6-11(12)13(16)18-2/h4-8H,3H2,1-2H3. The quantitative estimate of drug-likeness (QED) is 0.790. The van der Waals surface area contributed by atoms with E-state index in [0.717, 1.165) is 10.8 Å². The fourth-order valence-corrected chi connectivity index (χ4v) is 1.79. The highest BCUT2D eigenvalue weighted by molar-refractivity contribution is 6.07. The van der Waals surface area contributed by atoms with Gasteiger partial charge in [0.15, 0.2) is 0 Å². The average molecular weight is 259 g/mol. The lowest BCUT2D eigenvalue weighted by molar-refractivity contribution is 0.0504. The molecule has 0 N–H and O–H groups in total. The van der Waals surface area contributed by atoms with Crippen LogP contribution < -0.4 is 0 Å². The summed E-state index contributed by atoms with van der Waals surface area (Å²) in [7, 11) is 1.27. The molecule has 0 amide bonds. The number of pyridine rings is 1. The Labute approximate surface area is 110 Å². The number of hydrogen-bond donors (Lipinski definition) is 0. The number of carbonyl (C=O) groups is 2. The molecule has 2 aromatic rings. The number of fused-ring (bicyclic) bond motifs is 1. The molecule has 0 radical (unpaired) electrons. The molecule has 2 rings (SSSR count). The van der Waals surface area contributed by atoms with E-state index in [1.165, 1.54) is 7.11 Å². The number of nitrogens with zero attached hydrogens (tertiary/aromatic N) is 1. The first-order valence-corrected chi connectivity index (χ1v) is 5.80. The summed E-state index contributed by atoms with van der Waals surface area (Å²) in [6.07, 6.45) is 3.24. The molecule has 1 aromatic carbocycles. The van der Waals surface area contributed by atoms with Crippen molar-refractivity contribution in [3.05, 3.63) is 41.7 Å². The minimum atomic E-state index is -0.568. The van der Waals surface area contributed by atoms with Crippen LogP contribution in [0.4, 0.5) is 0 Å². The van der Waals surface area contributed by atoms with E-state index in [0.29, 0.717) is 0 Å². The summed E-state index contributed by atoms with van der Waals surface area (Å²) >= 11 is 0. The first-order valence-electron chi connectivity index (χ1n) is 5.80. The number of benzene rings is 1. The Morgan fingerprint density at radius 1 is 1.16 bits per heavy atom. The van der Waals surface area contributed by atoms with Crippen molar-refractivity contribution in [1.29, 1.82) is 0 Å². The fraction of sp³-hybridized carbons (Fsp3) is 0.214. The highest BCUT2D eigenvalue weighted by Gasteiger charge is 2.19. The summed E-state index contributed by atoms with van der Waals surface area (Å²) in [4.78, 5) is 27.6. The van der Waals surface area contributed by atoms with Gasteiger partial charge in [0, 0.05) is 17.8 Å². The SMILES string of the molecule is CCOC(=O)c1cc2cnccc2cc1C(=O)OC. The van der Waals surface area contributed by atoms with E-state index in [-0.39, 0.29) is 17.7 Å². The third-order valence-corrected chi connectivity index (χ3v) is 2.68. The zero-order valence-electron chi connectivity index (χ0n) is 10.7. The van der Waals surface area contributed by atoms with Gasteiger partial charge in [-0.3, -0.25) is 4.98 Å². The Kier molecular flexibility index (Phi) is 3.75. The maximum atomic E-state index is 11.9. The second-order valence-corrected chi connectivity index (χ2v) is 3.83. The lowest BCUT2D eigenvalue weighted by Gasteiger charge is -2.09. The normalized spacial score (nSPS) is 10.2. The van der Waals surface area contributed by atoms with Gasteiger partial charge < -0.3 is 9.47 Å². The van der Waals surface area contributed by atoms with Crippen LogP contribution >= 0.6 is 0 Å². The molecule has 0 aliphatic rings. The van der Waals surface area contributed by atoms with Crippen LogP contribution in [0.2, 0.25) is 0 Å². The van der Waals surface area contributed by atoms with E-state index >= 15 is 0 Å². The second kappa shape index (κ2) is 5.48. The van der Waals surface area contributed by atoms with Gasteiger partial charge in [-0.05, 0) is 30.5 Å². The molecule has 0 saturated carbocycles. The van der Waals surface area contributed by atoms with E-state index in [4.69, 9.17) is 9.47 Å². The van der Waals surface area contributed by atoms with E-state index in [9.17, 15) is 9.59 Å². The van der Waals surface area contributed by atoms with Crippen molar-refractivity contribution in [2.75, 3.05) is 13.7 Å². The van der Waals surface area contributed by atoms with E-state index in [1.54, 1.807) is 37.5 Å². The van der Waals surface area contributed by atoms with Crippen molar-refractivity contribution in [1.82, 2.24) is 4.98 Å². The van der Waals surface area contributed by atoms with Crippen LogP contribution in [0.3, 0.4) is 0 Å². The largest absolute Gasteiger partial charge is 0.465 e. The fourth-order valence-electron chi connectivity index (χ4n) is 1.79. The van der Waals surface area contributed by atoms with Crippen molar-refractivity contribution in [3.8, 4) is 0 Å². The van der Waals surface area contributed by atoms with Gasteiger partial charge >= 0.3 is 11.9 Å². The molecule has 0 aliphatic heterocycles. The smallest absolute Gasteiger partial charge is 0.339 e. The summed E-state index contributed by atoms with van der Waals surface area (Å²) < 4.78 is 9.64. The Morgan fingerprint density at radius 2 is 1.84 bits per heavy atom. The van der Waals surface area contributed by atoms with Crippen LogP contribution in [0.15, 0.2) is 30.6 Å². The van der Waals surface area contributed by atoms with Gasteiger partial charge in [-0.15, -0.1) is 0 Å². The number of aromatic nitrogens is 1. The molecule has 98 valence electrons. The predicted octanol–water partition coefficient (Wildman–Crippen LogP) is 2.20. The summed E-state index contributed by atoms with van der Waals surface area (Å²) in [5.74, 6) is -1.12. The van der Waals surface area contributed by atoms with Gasteiger partial charge in [-0.1, -0.05) is 0 Å². The van der Waals surface area contributed by atoms with Crippen LogP contribution in [0.1, 0.15) is 27.6 Å². The van der Waals surface area contributed by atoms with Gasteiger partial charge in [-0.2, -0.15) is 0 Å². The Bertz CT molecular complexity index is 636. The molecule has 1 heterocycles. The van der Waals surface area contributed by atoms with Gasteiger partial charge in [0.05, 0.1) is 24.8 Å². The van der Waals surface area contributed by atoms with Crippen molar-refractivity contribution >= 4 is 22.7 Å². The topological polar surface area (TPSA) is 65.5 Å². The molecule has 0 spiro atoms. The number of rotatable bonds is 3. The van der Waals surface area contributed by atoms with Crippen molar-refractivity contribution in [2.45, 2.75) is 6.92 Å². The monoisotopic (exact) mass is 259 g/mol. The highest BCUT2D eigenvalue weighted by Crippen LogP contribution is 2.21. The Morgan fingerprint density at radius 3 is 2.53 bits per heavy atom. The molecule has 0 bridgehead atoms. The lowest BCUT2D eigenvalue weighted by atomic mass is 10.0. The zero-order valence-corrected chi connectivity index (χ0v) is 10.7. The third-order valence-electron chi connectivity index (χ3n) is 2.68. The minimum absolute atomic E-state index is 0.189. The number of esters is 2. The van der Waals surface area contributed by atoms with Gasteiger partial charge in [0.25, 0.3) is 0 Å². The van der Waals surface area contributed by atoms with Crippen molar-refractivity contribution in [3.63, 3.8) is 0 Å². The molecule has 19 heavy (non-hydrogen) atoms. The number of hydrogen-bond acceptors (Lipinski definition) is 5. The summed E-state index contributed by atoms with van der Waals surface area (Å²) in [6, 6.07) is 4.96. The zero-order chi connectivity index (χ0) is 13.8. The molecule has 0 aliphatic carbocycles. The highest BCUT2D eigenvalue weighted by atomic mass is 16.5. The van der Waals surface area contributed by atoms with E-state index in [1.807, 2.05) is 0 Å². The molecule has 0 atom stereocenters. The van der Waals surface area contributed by atoms with Crippen LogP contribution in [0.5, 0.6) is 0 Å². The first kappa shape index (κ1) is 13.0. The van der Waals surface area contributed by atoms with Crippen molar-refractivity contribution in [2.24, 2.45) is 0 Å². The molecule has 5 nitrogen and oxygen atoms in total. The second-order valence-electron chi connectivity index (χ2n) is 3.83. The molecule has 1 aromatic heterocycles. The summed E-state index contributed by atoms with van der Waals surface area (Å²) in [6.45, 7) is 1.95. The van der Waals surface area contributed by atoms with Crippen molar-refractivity contribution < 1.29 is 19.1 Å². The summed E-state index contributed by atoms with van der Waals surface area (Å²) in [5.41, 5.74) is 0.383. The van der Waals surface area contributed by atoms with Gasteiger partial charge in [-0.25, -0.2) is 9.59 Å². The third kappa shape index (κ3) is 2.54. The van der Waals surface area contributed by atoms with Crippen LogP contribution in [0.25, 0.3) is 10.8 Å². The van der Waals surface area contributed by atoms with Crippen LogP contribution in [-0.2, 0) is 9.47 Å². The van der Waals surface area contributed by atoms with Crippen LogP contribution in [-0.4, -0.2) is 30.6 Å². The first-order chi connectivity index (χ1) is 9.17. The summed E-state index contributed by atoms with van der Waals surface area (Å²) in [5, 5.41) is 1.57. The van der Waals surface area contributed by atoms with E-state index in [2.05, 4.69) is 4.98 Å². The molecular weight excluding hydrogens is 246 g/mol. The maximum Gasteiger partial charge on any atom is 0.339 e. The number of carbonyl (C=O) groups excluding carboxylic acids is 2. The Hall–Kier alpha value is -2.43. The Balaban J connectivity index is 2.63. The van der Waals surface area contributed by atoms with Crippen LogP contribution in [0, 0.1) is 0 Å². The predicted molar refractivity (Wildman–Crippen MR) is 69.0 cm³/mol.